The fourth-order valence-corrected chi connectivity index (χ4v) is 2.42. The molecule has 1 rings (SSSR count). The number of imide groups is 1. The highest BCUT2D eigenvalue weighted by molar-refractivity contribution is 5.93. The molecule has 0 unspecified atom stereocenters. The first-order valence-corrected chi connectivity index (χ1v) is 8.78. The minimum atomic E-state index is -0.837. The molecule has 156 valence electrons. The van der Waals surface area contributed by atoms with E-state index in [1.807, 2.05) is 12.1 Å². The van der Waals surface area contributed by atoms with Gasteiger partial charge >= 0.3 is 6.09 Å². The molecule has 1 aromatic rings. The van der Waals surface area contributed by atoms with Crippen LogP contribution in [-0.2, 0) is 20.7 Å². The Labute approximate surface area is 165 Å². The molecule has 0 aliphatic rings. The Morgan fingerprint density at radius 1 is 1.07 bits per heavy atom. The van der Waals surface area contributed by atoms with Crippen molar-refractivity contribution < 1.29 is 28.6 Å². The summed E-state index contributed by atoms with van der Waals surface area (Å²) in [4.78, 5) is 36.6. The highest BCUT2D eigenvalue weighted by Gasteiger charge is 2.20. The highest BCUT2D eigenvalue weighted by Crippen LogP contribution is 2.27. The first-order chi connectivity index (χ1) is 13.0. The topological polar surface area (TPSA) is 120 Å². The van der Waals surface area contributed by atoms with Gasteiger partial charge in [0.15, 0.2) is 11.5 Å². The highest BCUT2D eigenvalue weighted by atomic mass is 16.6. The van der Waals surface area contributed by atoms with E-state index in [2.05, 4.69) is 5.32 Å². The molecule has 0 aliphatic carbocycles. The predicted molar refractivity (Wildman–Crippen MR) is 103 cm³/mol. The van der Waals surface area contributed by atoms with Crippen LogP contribution in [0.15, 0.2) is 18.2 Å². The van der Waals surface area contributed by atoms with E-state index in [4.69, 9.17) is 19.9 Å². The number of benzene rings is 1. The van der Waals surface area contributed by atoms with Crippen molar-refractivity contribution in [3.63, 3.8) is 0 Å². The summed E-state index contributed by atoms with van der Waals surface area (Å²) in [5.74, 6) is 0.0429. The summed E-state index contributed by atoms with van der Waals surface area (Å²) in [5.41, 5.74) is 5.48. The lowest BCUT2D eigenvalue weighted by atomic mass is 10.1. The summed E-state index contributed by atoms with van der Waals surface area (Å²) < 4.78 is 15.5. The standard InChI is InChI=1S/C19H29N3O6/c1-19(2,3)28-18(25)21-17(24)12-22(11-16(20)23)9-8-13-6-7-14(26-4)15(10-13)27-5/h6-7,10H,8-9,11-12H2,1-5H3,(H2,20,23)(H,21,24,25). The predicted octanol–water partition coefficient (Wildman–Crippen LogP) is 1.08. The van der Waals surface area contributed by atoms with Crippen molar-refractivity contribution in [2.24, 2.45) is 5.73 Å². The molecular weight excluding hydrogens is 366 g/mol. The molecule has 0 saturated carbocycles. The van der Waals surface area contributed by atoms with Gasteiger partial charge in [-0.15, -0.1) is 0 Å². The minimum Gasteiger partial charge on any atom is -0.493 e. The van der Waals surface area contributed by atoms with Gasteiger partial charge in [-0.05, 0) is 44.9 Å². The van der Waals surface area contributed by atoms with Crippen molar-refractivity contribution in [2.75, 3.05) is 33.9 Å². The van der Waals surface area contributed by atoms with E-state index in [0.29, 0.717) is 24.5 Å². The van der Waals surface area contributed by atoms with Crippen molar-refractivity contribution in [3.8, 4) is 11.5 Å². The zero-order valence-electron chi connectivity index (χ0n) is 17.0. The second-order valence-electron chi connectivity index (χ2n) is 7.17. The van der Waals surface area contributed by atoms with Gasteiger partial charge in [-0.1, -0.05) is 6.07 Å². The summed E-state index contributed by atoms with van der Waals surface area (Å²) in [7, 11) is 3.09. The Kier molecular flexibility index (Phi) is 8.72. The normalized spacial score (nSPS) is 11.1. The van der Waals surface area contributed by atoms with Gasteiger partial charge in [0.25, 0.3) is 0 Å². The lowest BCUT2D eigenvalue weighted by Crippen LogP contribution is -2.45. The molecule has 0 fully saturated rings. The van der Waals surface area contributed by atoms with Gasteiger partial charge in [0.2, 0.25) is 11.8 Å². The molecule has 0 aliphatic heterocycles. The van der Waals surface area contributed by atoms with Gasteiger partial charge in [0, 0.05) is 6.54 Å². The number of amides is 3. The fourth-order valence-electron chi connectivity index (χ4n) is 2.42. The van der Waals surface area contributed by atoms with Crippen molar-refractivity contribution >= 4 is 17.9 Å². The van der Waals surface area contributed by atoms with Crippen LogP contribution in [0.25, 0.3) is 0 Å². The number of ether oxygens (including phenoxy) is 3. The number of nitrogens with zero attached hydrogens (tertiary/aromatic N) is 1. The molecule has 0 spiro atoms. The van der Waals surface area contributed by atoms with Crippen LogP contribution < -0.4 is 20.5 Å². The maximum atomic E-state index is 12.1. The molecule has 0 saturated heterocycles. The van der Waals surface area contributed by atoms with Crippen LogP contribution in [0.3, 0.4) is 0 Å². The number of nitrogens with one attached hydrogen (secondary N) is 1. The number of hydrogen-bond acceptors (Lipinski definition) is 7. The number of carbonyl (C=O) groups excluding carboxylic acids is 3. The molecule has 0 atom stereocenters. The number of methoxy groups -OCH3 is 2. The van der Waals surface area contributed by atoms with Gasteiger partial charge < -0.3 is 19.9 Å². The maximum absolute atomic E-state index is 12.1. The zero-order valence-corrected chi connectivity index (χ0v) is 17.0. The van der Waals surface area contributed by atoms with Crippen LogP contribution in [0.2, 0.25) is 0 Å². The van der Waals surface area contributed by atoms with Crippen LogP contribution in [0.1, 0.15) is 26.3 Å². The largest absolute Gasteiger partial charge is 0.493 e. The second kappa shape index (κ2) is 10.5. The van der Waals surface area contributed by atoms with Crippen LogP contribution in [0.5, 0.6) is 11.5 Å². The molecule has 9 nitrogen and oxygen atoms in total. The average molecular weight is 395 g/mol. The second-order valence-corrected chi connectivity index (χ2v) is 7.17. The smallest absolute Gasteiger partial charge is 0.414 e. The van der Waals surface area contributed by atoms with Crippen molar-refractivity contribution in [1.29, 1.82) is 0 Å². The van der Waals surface area contributed by atoms with E-state index in [0.717, 1.165) is 5.56 Å². The quantitative estimate of drug-likeness (QED) is 0.642. The lowest BCUT2D eigenvalue weighted by molar-refractivity contribution is -0.123. The van der Waals surface area contributed by atoms with E-state index >= 15 is 0 Å². The van der Waals surface area contributed by atoms with Gasteiger partial charge in [-0.3, -0.25) is 19.8 Å². The Balaban J connectivity index is 2.69. The monoisotopic (exact) mass is 395 g/mol. The first kappa shape index (κ1) is 23.2. The number of rotatable bonds is 9. The van der Waals surface area contributed by atoms with Gasteiger partial charge in [0.05, 0.1) is 27.3 Å². The Bertz CT molecular complexity index is 699. The maximum Gasteiger partial charge on any atom is 0.414 e. The number of primary amides is 1. The van der Waals surface area contributed by atoms with E-state index in [1.54, 1.807) is 46.0 Å². The summed E-state index contributed by atoms with van der Waals surface area (Å²) in [6.07, 6.45) is -0.302. The van der Waals surface area contributed by atoms with E-state index in [9.17, 15) is 14.4 Å². The fraction of sp³-hybridized carbons (Fsp3) is 0.526. The molecule has 0 bridgehead atoms. The molecule has 0 heterocycles. The lowest BCUT2D eigenvalue weighted by Gasteiger charge is -2.22. The molecule has 1 aromatic carbocycles. The van der Waals surface area contributed by atoms with Crippen molar-refractivity contribution in [2.45, 2.75) is 32.8 Å². The molecule has 9 heteroatoms. The summed E-state index contributed by atoms with van der Waals surface area (Å²) in [6, 6.07) is 5.47. The first-order valence-electron chi connectivity index (χ1n) is 8.78. The van der Waals surface area contributed by atoms with E-state index < -0.39 is 23.5 Å². The number of carbonyl (C=O) groups is 3. The molecular formula is C19H29N3O6. The van der Waals surface area contributed by atoms with Crippen LogP contribution in [-0.4, -0.2) is 62.3 Å². The minimum absolute atomic E-state index is 0.116. The van der Waals surface area contributed by atoms with Gasteiger partial charge in [-0.25, -0.2) is 4.79 Å². The van der Waals surface area contributed by atoms with Crippen LogP contribution >= 0.6 is 0 Å². The third-order valence-electron chi connectivity index (χ3n) is 3.55. The number of hydrogen-bond donors (Lipinski definition) is 2. The van der Waals surface area contributed by atoms with Crippen LogP contribution in [0.4, 0.5) is 4.79 Å². The third kappa shape index (κ3) is 8.72. The summed E-state index contributed by atoms with van der Waals surface area (Å²) >= 11 is 0. The molecule has 0 radical (unpaired) electrons. The van der Waals surface area contributed by atoms with Crippen molar-refractivity contribution in [1.82, 2.24) is 10.2 Å². The zero-order chi connectivity index (χ0) is 21.3. The Hall–Kier alpha value is -2.81. The SMILES string of the molecule is COc1ccc(CCN(CC(N)=O)CC(=O)NC(=O)OC(C)(C)C)cc1OC. The number of nitrogens with two attached hydrogens (primary N) is 1. The van der Waals surface area contributed by atoms with Gasteiger partial charge in [-0.2, -0.15) is 0 Å². The Morgan fingerprint density at radius 3 is 2.25 bits per heavy atom. The van der Waals surface area contributed by atoms with E-state index in [1.165, 1.54) is 0 Å². The van der Waals surface area contributed by atoms with Gasteiger partial charge in [0.1, 0.15) is 5.60 Å². The molecule has 0 aromatic heterocycles. The molecule has 3 N–H and O–H groups in total. The van der Waals surface area contributed by atoms with Crippen molar-refractivity contribution in [3.05, 3.63) is 23.8 Å². The summed E-state index contributed by atoms with van der Waals surface area (Å²) in [5, 5.41) is 2.14. The molecule has 3 amide bonds. The Morgan fingerprint density at radius 2 is 1.71 bits per heavy atom. The third-order valence-corrected chi connectivity index (χ3v) is 3.55. The number of alkyl carbamates (subject to hydrolysis) is 1. The average Bonchev–Trinajstić information content (AvgIpc) is 2.56. The summed E-state index contributed by atoms with van der Waals surface area (Å²) in [6.45, 7) is 5.17. The van der Waals surface area contributed by atoms with E-state index in [-0.39, 0.29) is 13.1 Å². The van der Waals surface area contributed by atoms with Crippen LogP contribution in [0, 0.1) is 0 Å². The molecule has 28 heavy (non-hydrogen) atoms.